The molecule has 4 nitrogen and oxygen atoms in total. The number of methoxy groups -OCH3 is 1. The summed E-state index contributed by atoms with van der Waals surface area (Å²) < 4.78 is 5.08. The van der Waals surface area contributed by atoms with Gasteiger partial charge in [-0.15, -0.1) is 0 Å². The molecule has 0 heterocycles. The second-order valence-corrected chi connectivity index (χ2v) is 4.93. The number of aliphatic hydroxyl groups excluding tert-OH is 1. The van der Waals surface area contributed by atoms with Crippen molar-refractivity contribution in [2.75, 3.05) is 26.8 Å². The zero-order chi connectivity index (χ0) is 13.7. The first-order valence-corrected chi connectivity index (χ1v) is 6.76. The van der Waals surface area contributed by atoms with E-state index in [0.717, 1.165) is 18.6 Å². The molecular formula is C15H21NO3. The lowest BCUT2D eigenvalue weighted by molar-refractivity contribution is 0.0747. The third-order valence-corrected chi connectivity index (χ3v) is 3.74. The Balaban J connectivity index is 1.97. The molecule has 0 spiro atoms. The number of nitrogens with zero attached hydrogens (tertiary/aromatic N) is 1. The third kappa shape index (κ3) is 3.55. The lowest BCUT2D eigenvalue weighted by Crippen LogP contribution is -2.44. The Bertz CT molecular complexity index is 412. The number of carbonyl (C=O) groups excluding carboxylic acids is 1. The van der Waals surface area contributed by atoms with Crippen LogP contribution in [0.25, 0.3) is 0 Å². The molecule has 1 N–H and O–H groups in total. The highest BCUT2D eigenvalue weighted by atomic mass is 16.5. The normalized spacial score (nSPS) is 15.3. The number of carbonyl (C=O) groups is 1. The molecule has 0 aliphatic heterocycles. The molecule has 1 aliphatic rings. The van der Waals surface area contributed by atoms with E-state index in [-0.39, 0.29) is 12.4 Å². The minimum atomic E-state index is 0.100. The van der Waals surface area contributed by atoms with Gasteiger partial charge in [0.1, 0.15) is 5.75 Å². The highest BCUT2D eigenvalue weighted by Gasteiger charge is 2.26. The monoisotopic (exact) mass is 263 g/mol. The zero-order valence-corrected chi connectivity index (χ0v) is 11.3. The fourth-order valence-electron chi connectivity index (χ4n) is 2.32. The van der Waals surface area contributed by atoms with Crippen molar-refractivity contribution in [3.8, 4) is 5.75 Å². The van der Waals surface area contributed by atoms with E-state index in [2.05, 4.69) is 4.90 Å². The molecule has 104 valence electrons. The van der Waals surface area contributed by atoms with Gasteiger partial charge in [-0.25, -0.2) is 0 Å². The zero-order valence-electron chi connectivity index (χ0n) is 11.3. The summed E-state index contributed by atoms with van der Waals surface area (Å²) in [6, 6.07) is 7.65. The summed E-state index contributed by atoms with van der Waals surface area (Å²) in [6.45, 7) is 1.07. The van der Waals surface area contributed by atoms with Crippen molar-refractivity contribution in [3.05, 3.63) is 29.8 Å². The van der Waals surface area contributed by atoms with Crippen LogP contribution in [0.1, 0.15) is 29.6 Å². The number of aliphatic hydroxyl groups is 1. The van der Waals surface area contributed by atoms with Gasteiger partial charge >= 0.3 is 0 Å². The van der Waals surface area contributed by atoms with E-state index in [0.29, 0.717) is 24.7 Å². The molecule has 2 rings (SSSR count). The first kappa shape index (κ1) is 14.0. The molecule has 1 aromatic carbocycles. The SMILES string of the molecule is COc1ccc(C(=O)CN(CCO)C2CCC2)cc1. The molecule has 1 fully saturated rings. The summed E-state index contributed by atoms with van der Waals surface area (Å²) in [7, 11) is 1.61. The minimum absolute atomic E-state index is 0.100. The van der Waals surface area contributed by atoms with Gasteiger partial charge in [-0.2, -0.15) is 0 Å². The molecule has 0 bridgehead atoms. The van der Waals surface area contributed by atoms with Crippen LogP contribution in [0.15, 0.2) is 24.3 Å². The molecule has 0 saturated heterocycles. The lowest BCUT2D eigenvalue weighted by Gasteiger charge is -2.36. The van der Waals surface area contributed by atoms with Crippen molar-refractivity contribution >= 4 is 5.78 Å². The number of ketones is 1. The van der Waals surface area contributed by atoms with Gasteiger partial charge < -0.3 is 9.84 Å². The maximum Gasteiger partial charge on any atom is 0.176 e. The van der Waals surface area contributed by atoms with Crippen molar-refractivity contribution in [2.45, 2.75) is 25.3 Å². The van der Waals surface area contributed by atoms with Crippen LogP contribution < -0.4 is 4.74 Å². The fraction of sp³-hybridized carbons (Fsp3) is 0.533. The van der Waals surface area contributed by atoms with Gasteiger partial charge in [-0.05, 0) is 37.1 Å². The Kier molecular flexibility index (Phi) is 4.93. The van der Waals surface area contributed by atoms with Crippen LogP contribution in [0.2, 0.25) is 0 Å². The van der Waals surface area contributed by atoms with E-state index >= 15 is 0 Å². The van der Waals surface area contributed by atoms with E-state index in [9.17, 15) is 4.79 Å². The average Bonchev–Trinajstić information content (AvgIpc) is 2.37. The van der Waals surface area contributed by atoms with E-state index < -0.39 is 0 Å². The number of Topliss-reactive ketones (excluding diaryl/α,β-unsaturated/α-hetero) is 1. The number of benzene rings is 1. The second kappa shape index (κ2) is 6.68. The van der Waals surface area contributed by atoms with E-state index in [1.54, 1.807) is 31.4 Å². The van der Waals surface area contributed by atoms with Crippen molar-refractivity contribution < 1.29 is 14.6 Å². The van der Waals surface area contributed by atoms with E-state index in [1.807, 2.05) is 0 Å². The maximum absolute atomic E-state index is 12.2. The van der Waals surface area contributed by atoms with Crippen LogP contribution in [0.3, 0.4) is 0 Å². The minimum Gasteiger partial charge on any atom is -0.497 e. The summed E-state index contributed by atoms with van der Waals surface area (Å²) in [5.41, 5.74) is 0.697. The highest BCUT2D eigenvalue weighted by molar-refractivity contribution is 5.97. The number of hydrogen-bond acceptors (Lipinski definition) is 4. The van der Waals surface area contributed by atoms with Crippen LogP contribution in [0, 0.1) is 0 Å². The van der Waals surface area contributed by atoms with Crippen LogP contribution in [0.5, 0.6) is 5.75 Å². The van der Waals surface area contributed by atoms with E-state index in [4.69, 9.17) is 9.84 Å². The Morgan fingerprint density at radius 2 is 2.05 bits per heavy atom. The van der Waals surface area contributed by atoms with Gasteiger partial charge in [0.15, 0.2) is 5.78 Å². The average molecular weight is 263 g/mol. The predicted octanol–water partition coefficient (Wildman–Crippen LogP) is 1.72. The first-order valence-electron chi connectivity index (χ1n) is 6.76. The Hall–Kier alpha value is -1.39. The van der Waals surface area contributed by atoms with Gasteiger partial charge in [-0.3, -0.25) is 9.69 Å². The summed E-state index contributed by atoms with van der Waals surface area (Å²) in [6.07, 6.45) is 3.50. The first-order chi connectivity index (χ1) is 9.24. The lowest BCUT2D eigenvalue weighted by atomic mass is 9.91. The Labute approximate surface area is 114 Å². The molecule has 19 heavy (non-hydrogen) atoms. The summed E-state index contributed by atoms with van der Waals surface area (Å²) >= 11 is 0. The Morgan fingerprint density at radius 1 is 1.37 bits per heavy atom. The van der Waals surface area contributed by atoms with Gasteiger partial charge in [0.05, 0.1) is 20.3 Å². The smallest absolute Gasteiger partial charge is 0.176 e. The van der Waals surface area contributed by atoms with Crippen molar-refractivity contribution in [1.82, 2.24) is 4.90 Å². The predicted molar refractivity (Wildman–Crippen MR) is 73.6 cm³/mol. The van der Waals surface area contributed by atoms with Crippen molar-refractivity contribution in [2.24, 2.45) is 0 Å². The molecule has 0 radical (unpaired) electrons. The van der Waals surface area contributed by atoms with Crippen LogP contribution in [0.4, 0.5) is 0 Å². The molecular weight excluding hydrogens is 242 g/mol. The quantitative estimate of drug-likeness (QED) is 0.761. The molecule has 1 aliphatic carbocycles. The van der Waals surface area contributed by atoms with Crippen LogP contribution in [-0.4, -0.2) is 48.6 Å². The van der Waals surface area contributed by atoms with Crippen LogP contribution in [-0.2, 0) is 0 Å². The van der Waals surface area contributed by atoms with Gasteiger partial charge in [0.2, 0.25) is 0 Å². The topological polar surface area (TPSA) is 49.8 Å². The molecule has 0 amide bonds. The molecule has 1 aromatic rings. The van der Waals surface area contributed by atoms with Gasteiger partial charge in [0.25, 0.3) is 0 Å². The van der Waals surface area contributed by atoms with Crippen molar-refractivity contribution in [3.63, 3.8) is 0 Å². The molecule has 0 unspecified atom stereocenters. The summed E-state index contributed by atoms with van der Waals surface area (Å²) in [4.78, 5) is 14.3. The maximum atomic E-state index is 12.2. The fourth-order valence-corrected chi connectivity index (χ4v) is 2.32. The van der Waals surface area contributed by atoms with Crippen molar-refractivity contribution in [1.29, 1.82) is 0 Å². The Morgan fingerprint density at radius 3 is 2.53 bits per heavy atom. The summed E-state index contributed by atoms with van der Waals surface area (Å²) in [5, 5.41) is 9.09. The molecule has 4 heteroatoms. The molecule has 1 saturated carbocycles. The molecule has 0 aromatic heterocycles. The van der Waals surface area contributed by atoms with Crippen LogP contribution >= 0.6 is 0 Å². The number of rotatable bonds is 7. The van der Waals surface area contributed by atoms with Gasteiger partial charge in [0, 0.05) is 18.2 Å². The van der Waals surface area contributed by atoms with Gasteiger partial charge in [-0.1, -0.05) is 6.42 Å². The standard InChI is InChI=1S/C15H21NO3/c1-19-14-7-5-12(6-8-14)15(18)11-16(9-10-17)13-3-2-4-13/h5-8,13,17H,2-4,9-11H2,1H3. The van der Waals surface area contributed by atoms with E-state index in [1.165, 1.54) is 6.42 Å². The summed E-state index contributed by atoms with van der Waals surface area (Å²) in [5.74, 6) is 0.853. The highest BCUT2D eigenvalue weighted by Crippen LogP contribution is 2.24. The third-order valence-electron chi connectivity index (χ3n) is 3.74. The largest absolute Gasteiger partial charge is 0.497 e. The molecule has 0 atom stereocenters. The number of hydrogen-bond donors (Lipinski definition) is 1. The number of ether oxygens (including phenoxy) is 1. The second-order valence-electron chi connectivity index (χ2n) is 4.93.